The minimum atomic E-state index is -4.29. The first-order valence-corrected chi connectivity index (χ1v) is 22.0. The number of nitrogens with two attached hydrogens (primary N) is 1. The number of carbonyl (C=O) groups is 1. The smallest absolute Gasteiger partial charge is 0.472 e. The molecule has 0 amide bonds. The minimum absolute atomic E-state index is 0.0281. The summed E-state index contributed by atoms with van der Waals surface area (Å²) in [6.45, 7) is 4.21. The van der Waals surface area contributed by atoms with Crippen LogP contribution in [0.5, 0.6) is 0 Å². The van der Waals surface area contributed by atoms with Crippen LogP contribution in [0.1, 0.15) is 187 Å². The van der Waals surface area contributed by atoms with Crippen LogP contribution >= 0.6 is 7.82 Å². The molecule has 0 spiro atoms. The van der Waals surface area contributed by atoms with Crippen molar-refractivity contribution >= 4 is 13.8 Å². The Balaban J connectivity index is 4.12. The molecule has 50 heavy (non-hydrogen) atoms. The van der Waals surface area contributed by atoms with Gasteiger partial charge in [-0.1, -0.05) is 134 Å². The molecule has 0 aliphatic rings. The number of rotatable bonds is 39. The second-order valence-corrected chi connectivity index (χ2v) is 15.0. The predicted molar refractivity (Wildman–Crippen MR) is 210 cm³/mol. The summed E-state index contributed by atoms with van der Waals surface area (Å²) in [5, 5.41) is 0. The number of phosphoric ester groups is 1. The molecule has 0 aromatic carbocycles. The Morgan fingerprint density at radius 1 is 0.600 bits per heavy atom. The van der Waals surface area contributed by atoms with Crippen LogP contribution in [0.15, 0.2) is 36.6 Å². The van der Waals surface area contributed by atoms with Crippen LogP contribution in [-0.4, -0.2) is 43.3 Å². The third-order valence-corrected chi connectivity index (χ3v) is 9.58. The van der Waals surface area contributed by atoms with Gasteiger partial charge in [-0.05, 0) is 76.7 Å². The maximum absolute atomic E-state index is 12.5. The van der Waals surface area contributed by atoms with Crippen molar-refractivity contribution < 1.29 is 32.8 Å². The van der Waals surface area contributed by atoms with Gasteiger partial charge in [0.2, 0.25) is 0 Å². The van der Waals surface area contributed by atoms with E-state index in [4.69, 9.17) is 24.3 Å². The van der Waals surface area contributed by atoms with Crippen LogP contribution in [0.4, 0.5) is 0 Å². The molecule has 3 N–H and O–H groups in total. The molecule has 1 unspecified atom stereocenters. The molecule has 0 saturated heterocycles. The molecule has 0 fully saturated rings. The fourth-order valence-electron chi connectivity index (χ4n) is 5.54. The number of carbonyl (C=O) groups excluding carboxylic acids is 1. The Kier molecular flexibility index (Phi) is 37.7. The zero-order valence-corrected chi connectivity index (χ0v) is 33.3. The highest BCUT2D eigenvalue weighted by Gasteiger charge is 2.25. The van der Waals surface area contributed by atoms with Gasteiger partial charge in [0.15, 0.2) is 6.10 Å². The molecular formula is C41H78NO7P. The van der Waals surface area contributed by atoms with Gasteiger partial charge < -0.3 is 20.1 Å². The first kappa shape index (κ1) is 48.6. The molecule has 0 radical (unpaired) electrons. The van der Waals surface area contributed by atoms with Gasteiger partial charge in [0.25, 0.3) is 0 Å². The maximum Gasteiger partial charge on any atom is 0.472 e. The second kappa shape index (κ2) is 38.8. The summed E-state index contributed by atoms with van der Waals surface area (Å²) in [7, 11) is -4.29. The van der Waals surface area contributed by atoms with Crippen molar-refractivity contribution in [1.29, 1.82) is 0 Å². The molecule has 0 aromatic rings. The number of phosphoric acid groups is 1. The highest BCUT2D eigenvalue weighted by atomic mass is 31.2. The lowest BCUT2D eigenvalue weighted by atomic mass is 10.1. The summed E-state index contributed by atoms with van der Waals surface area (Å²) in [6.07, 6.45) is 43.9. The molecule has 294 valence electrons. The molecule has 0 rings (SSSR count). The lowest BCUT2D eigenvalue weighted by Gasteiger charge is -2.19. The number of hydrogen-bond acceptors (Lipinski definition) is 7. The lowest BCUT2D eigenvalue weighted by molar-refractivity contribution is -0.153. The minimum Gasteiger partial charge on any atom is -0.498 e. The highest BCUT2D eigenvalue weighted by molar-refractivity contribution is 7.47. The fourth-order valence-corrected chi connectivity index (χ4v) is 6.30. The average molecular weight is 728 g/mol. The van der Waals surface area contributed by atoms with Gasteiger partial charge in [-0.15, -0.1) is 0 Å². The van der Waals surface area contributed by atoms with Gasteiger partial charge in [0.05, 0.1) is 19.5 Å². The zero-order valence-electron chi connectivity index (χ0n) is 32.4. The Labute approximate surface area is 308 Å². The van der Waals surface area contributed by atoms with E-state index in [1.54, 1.807) is 6.26 Å². The number of allylic oxidation sites excluding steroid dienone is 5. The van der Waals surface area contributed by atoms with Crippen LogP contribution in [0.25, 0.3) is 0 Å². The predicted octanol–water partition coefficient (Wildman–Crippen LogP) is 12.2. The Morgan fingerprint density at radius 3 is 1.48 bits per heavy atom. The van der Waals surface area contributed by atoms with E-state index in [0.717, 1.165) is 32.1 Å². The van der Waals surface area contributed by atoms with Crippen molar-refractivity contribution in [3.63, 3.8) is 0 Å². The third-order valence-electron chi connectivity index (χ3n) is 8.59. The maximum atomic E-state index is 12.5. The Bertz CT molecular complexity index is 864. The topological polar surface area (TPSA) is 117 Å². The van der Waals surface area contributed by atoms with Crippen LogP contribution in [0, 0.1) is 0 Å². The third kappa shape index (κ3) is 37.8. The summed E-state index contributed by atoms with van der Waals surface area (Å²) in [6, 6.07) is 0. The molecule has 0 aliphatic carbocycles. The van der Waals surface area contributed by atoms with Crippen molar-refractivity contribution in [2.75, 3.05) is 26.4 Å². The van der Waals surface area contributed by atoms with E-state index in [1.807, 2.05) is 6.08 Å². The van der Waals surface area contributed by atoms with E-state index in [-0.39, 0.29) is 32.3 Å². The molecule has 8 nitrogen and oxygen atoms in total. The largest absolute Gasteiger partial charge is 0.498 e. The number of ether oxygens (including phenoxy) is 2. The molecule has 2 atom stereocenters. The quantitative estimate of drug-likeness (QED) is 0.0211. The van der Waals surface area contributed by atoms with Gasteiger partial charge in [-0.3, -0.25) is 13.8 Å². The normalized spacial score (nSPS) is 13.8. The van der Waals surface area contributed by atoms with Crippen LogP contribution in [0.2, 0.25) is 0 Å². The van der Waals surface area contributed by atoms with Gasteiger partial charge in [0, 0.05) is 13.0 Å². The monoisotopic (exact) mass is 728 g/mol. The van der Waals surface area contributed by atoms with E-state index >= 15 is 0 Å². The van der Waals surface area contributed by atoms with Crippen molar-refractivity contribution in [3.05, 3.63) is 36.6 Å². The van der Waals surface area contributed by atoms with E-state index < -0.39 is 13.9 Å². The van der Waals surface area contributed by atoms with Crippen LogP contribution in [-0.2, 0) is 27.9 Å². The van der Waals surface area contributed by atoms with Crippen molar-refractivity contribution in [1.82, 2.24) is 0 Å². The number of esters is 1. The molecule has 0 heterocycles. The summed E-state index contributed by atoms with van der Waals surface area (Å²) >= 11 is 0. The molecule has 9 heteroatoms. The Morgan fingerprint density at radius 2 is 1.02 bits per heavy atom. The second-order valence-electron chi connectivity index (χ2n) is 13.6. The van der Waals surface area contributed by atoms with Crippen molar-refractivity contribution in [2.24, 2.45) is 5.73 Å². The lowest BCUT2D eigenvalue weighted by Crippen LogP contribution is -2.27. The molecule has 0 aromatic heterocycles. The first-order valence-electron chi connectivity index (χ1n) is 20.5. The van der Waals surface area contributed by atoms with E-state index in [0.29, 0.717) is 6.42 Å². The molecule has 0 saturated carbocycles. The van der Waals surface area contributed by atoms with Gasteiger partial charge in [-0.2, -0.15) is 0 Å². The number of hydrogen-bond donors (Lipinski definition) is 2. The summed E-state index contributed by atoms with van der Waals surface area (Å²) in [5.41, 5.74) is 5.35. The summed E-state index contributed by atoms with van der Waals surface area (Å²) in [4.78, 5) is 22.4. The van der Waals surface area contributed by atoms with Gasteiger partial charge >= 0.3 is 13.8 Å². The van der Waals surface area contributed by atoms with E-state index in [1.165, 1.54) is 135 Å². The molecule has 0 bridgehead atoms. The van der Waals surface area contributed by atoms with E-state index in [9.17, 15) is 14.3 Å². The summed E-state index contributed by atoms with van der Waals surface area (Å²) in [5.74, 6) is -0.359. The average Bonchev–Trinajstić information content (AvgIpc) is 3.10. The summed E-state index contributed by atoms with van der Waals surface area (Å²) < 4.78 is 33.1. The van der Waals surface area contributed by atoms with Gasteiger partial charge in [0.1, 0.15) is 6.61 Å². The van der Waals surface area contributed by atoms with E-state index in [2.05, 4.69) is 38.2 Å². The molecule has 0 aliphatic heterocycles. The fraction of sp³-hybridized carbons (Fsp3) is 0.829. The highest BCUT2D eigenvalue weighted by Crippen LogP contribution is 2.43. The SMILES string of the molecule is CCCCCCC=CCCCCCCCCC=COC[C@H](COP(=O)(O)OCCN)OC(=O)CCCCCCCCCC=CCCCCCC. The van der Waals surface area contributed by atoms with Crippen LogP contribution in [0.3, 0.4) is 0 Å². The van der Waals surface area contributed by atoms with Crippen molar-refractivity contribution in [3.8, 4) is 0 Å². The first-order chi connectivity index (χ1) is 24.4. The van der Waals surface area contributed by atoms with Crippen molar-refractivity contribution in [2.45, 2.75) is 193 Å². The number of unbranched alkanes of at least 4 members (excludes halogenated alkanes) is 22. The zero-order chi connectivity index (χ0) is 36.6. The van der Waals surface area contributed by atoms with Gasteiger partial charge in [-0.25, -0.2) is 4.57 Å². The standard InChI is InChI=1S/C41H78NO7P/c1-3-5-7-9-11-13-15-17-19-21-23-25-27-29-31-33-36-46-38-40(39-48-50(44,45)47-37-35-42)49-41(43)34-32-30-28-26-24-22-20-18-16-14-12-10-8-6-4-2/h13-16,33,36,40H,3-12,17-32,34-35,37-39,42H2,1-2H3,(H,44,45)/t40-/m1/s1. The Hall–Kier alpha value is -1.44. The molecular weight excluding hydrogens is 649 g/mol. The van der Waals surface area contributed by atoms with Crippen LogP contribution < -0.4 is 5.73 Å².